The molecular formula is C10H14ClN3. The van der Waals surface area contributed by atoms with Crippen LogP contribution < -0.4 is 4.90 Å². The lowest BCUT2D eigenvalue weighted by molar-refractivity contribution is 0.572. The van der Waals surface area contributed by atoms with Crippen LogP contribution in [0, 0.1) is 5.92 Å². The van der Waals surface area contributed by atoms with E-state index in [4.69, 9.17) is 11.6 Å². The van der Waals surface area contributed by atoms with Gasteiger partial charge in [-0.1, -0.05) is 0 Å². The van der Waals surface area contributed by atoms with Crippen LogP contribution in [0.2, 0.25) is 0 Å². The van der Waals surface area contributed by atoms with E-state index in [9.17, 15) is 0 Å². The van der Waals surface area contributed by atoms with Gasteiger partial charge < -0.3 is 4.90 Å². The molecule has 76 valence electrons. The maximum atomic E-state index is 5.73. The predicted molar refractivity (Wildman–Crippen MR) is 57.7 cm³/mol. The minimum Gasteiger partial charge on any atom is -0.355 e. The second-order valence-electron chi connectivity index (χ2n) is 3.64. The zero-order chi connectivity index (χ0) is 9.80. The fraction of sp³-hybridized carbons (Fsp3) is 0.600. The van der Waals surface area contributed by atoms with E-state index in [1.807, 2.05) is 6.20 Å². The van der Waals surface area contributed by atoms with E-state index in [0.29, 0.717) is 0 Å². The van der Waals surface area contributed by atoms with Gasteiger partial charge in [-0.05, 0) is 18.8 Å². The zero-order valence-corrected chi connectivity index (χ0v) is 8.82. The molecule has 1 aromatic rings. The summed E-state index contributed by atoms with van der Waals surface area (Å²) in [5.74, 6) is 2.48. The molecular weight excluding hydrogens is 198 g/mol. The van der Waals surface area contributed by atoms with E-state index in [1.165, 1.54) is 6.42 Å². The van der Waals surface area contributed by atoms with Crippen molar-refractivity contribution in [3.8, 4) is 0 Å². The predicted octanol–water partition coefficient (Wildman–Crippen LogP) is 1.93. The van der Waals surface area contributed by atoms with Crippen molar-refractivity contribution >= 4 is 17.4 Å². The highest BCUT2D eigenvalue weighted by atomic mass is 35.5. The third-order valence-corrected chi connectivity index (χ3v) is 2.89. The van der Waals surface area contributed by atoms with E-state index in [1.54, 1.807) is 12.4 Å². The number of halogens is 1. The molecule has 1 aliphatic heterocycles. The second-order valence-corrected chi connectivity index (χ2v) is 4.02. The largest absolute Gasteiger partial charge is 0.355 e. The molecule has 1 aromatic heterocycles. The molecule has 2 heterocycles. The van der Waals surface area contributed by atoms with Gasteiger partial charge in [0.05, 0.1) is 6.20 Å². The van der Waals surface area contributed by atoms with Crippen molar-refractivity contribution in [2.45, 2.75) is 12.8 Å². The first-order valence-electron chi connectivity index (χ1n) is 4.97. The van der Waals surface area contributed by atoms with Gasteiger partial charge in [0.2, 0.25) is 0 Å². The standard InChI is InChI=1S/C10H14ClN3/c11-3-1-9-2-6-14(8-9)10-7-12-4-5-13-10/h4-5,7,9H,1-3,6,8H2. The van der Waals surface area contributed by atoms with E-state index < -0.39 is 0 Å². The fourth-order valence-corrected chi connectivity index (χ4v) is 2.19. The van der Waals surface area contributed by atoms with Crippen LogP contribution in [0.15, 0.2) is 18.6 Å². The molecule has 0 saturated carbocycles. The van der Waals surface area contributed by atoms with Crippen molar-refractivity contribution in [2.75, 3.05) is 23.9 Å². The van der Waals surface area contributed by atoms with E-state index in [2.05, 4.69) is 14.9 Å². The second kappa shape index (κ2) is 4.60. The van der Waals surface area contributed by atoms with Crippen molar-refractivity contribution in [3.05, 3.63) is 18.6 Å². The Balaban J connectivity index is 1.96. The van der Waals surface area contributed by atoms with Gasteiger partial charge in [0.1, 0.15) is 5.82 Å². The summed E-state index contributed by atoms with van der Waals surface area (Å²) < 4.78 is 0. The molecule has 0 spiro atoms. The van der Waals surface area contributed by atoms with Crippen LogP contribution in [0.3, 0.4) is 0 Å². The molecule has 1 fully saturated rings. The minimum absolute atomic E-state index is 0.731. The Morgan fingerprint density at radius 2 is 2.43 bits per heavy atom. The molecule has 3 nitrogen and oxygen atoms in total. The third kappa shape index (κ3) is 2.15. The molecule has 0 aromatic carbocycles. The summed E-state index contributed by atoms with van der Waals surface area (Å²) in [5.41, 5.74) is 0. The minimum atomic E-state index is 0.731. The highest BCUT2D eigenvalue weighted by molar-refractivity contribution is 6.17. The van der Waals surface area contributed by atoms with Crippen LogP contribution in [0.5, 0.6) is 0 Å². The third-order valence-electron chi connectivity index (χ3n) is 2.68. The average Bonchev–Trinajstić information content (AvgIpc) is 2.68. The van der Waals surface area contributed by atoms with Crippen LogP contribution >= 0.6 is 11.6 Å². The Bertz CT molecular complexity index is 278. The van der Waals surface area contributed by atoms with Gasteiger partial charge in [-0.2, -0.15) is 0 Å². The molecule has 0 N–H and O–H groups in total. The Morgan fingerprint density at radius 1 is 1.50 bits per heavy atom. The van der Waals surface area contributed by atoms with Crippen LogP contribution in [-0.4, -0.2) is 28.9 Å². The molecule has 2 rings (SSSR count). The average molecular weight is 212 g/mol. The monoisotopic (exact) mass is 211 g/mol. The van der Waals surface area contributed by atoms with Gasteiger partial charge >= 0.3 is 0 Å². The van der Waals surface area contributed by atoms with Crippen molar-refractivity contribution in [1.29, 1.82) is 0 Å². The lowest BCUT2D eigenvalue weighted by Crippen LogP contribution is -2.20. The molecule has 1 saturated heterocycles. The molecule has 0 aliphatic carbocycles. The highest BCUT2D eigenvalue weighted by Gasteiger charge is 2.22. The summed E-state index contributed by atoms with van der Waals surface area (Å²) in [6.07, 6.45) is 7.60. The Kier molecular flexibility index (Phi) is 3.19. The molecule has 0 amide bonds. The number of nitrogens with zero attached hydrogens (tertiary/aromatic N) is 3. The van der Waals surface area contributed by atoms with Gasteiger partial charge in [0, 0.05) is 31.4 Å². The molecule has 14 heavy (non-hydrogen) atoms. The summed E-state index contributed by atoms with van der Waals surface area (Å²) in [6.45, 7) is 2.16. The molecule has 1 unspecified atom stereocenters. The quantitative estimate of drug-likeness (QED) is 0.716. The molecule has 1 aliphatic rings. The smallest absolute Gasteiger partial charge is 0.147 e. The molecule has 4 heteroatoms. The van der Waals surface area contributed by atoms with Gasteiger partial charge in [0.15, 0.2) is 0 Å². The van der Waals surface area contributed by atoms with Gasteiger partial charge in [-0.25, -0.2) is 4.98 Å². The Morgan fingerprint density at radius 3 is 3.14 bits per heavy atom. The number of rotatable bonds is 3. The lowest BCUT2D eigenvalue weighted by atomic mass is 10.1. The summed E-state index contributed by atoms with van der Waals surface area (Å²) in [4.78, 5) is 10.6. The summed E-state index contributed by atoms with van der Waals surface area (Å²) >= 11 is 5.73. The van der Waals surface area contributed by atoms with Crippen molar-refractivity contribution in [2.24, 2.45) is 5.92 Å². The normalized spacial score (nSPS) is 21.5. The number of alkyl halides is 1. The zero-order valence-electron chi connectivity index (χ0n) is 8.06. The van der Waals surface area contributed by atoms with Crippen molar-refractivity contribution in [3.63, 3.8) is 0 Å². The summed E-state index contributed by atoms with van der Waals surface area (Å²) in [7, 11) is 0. The molecule has 0 radical (unpaired) electrons. The summed E-state index contributed by atoms with van der Waals surface area (Å²) in [5, 5.41) is 0. The van der Waals surface area contributed by atoms with Crippen molar-refractivity contribution in [1.82, 2.24) is 9.97 Å². The molecule has 0 bridgehead atoms. The van der Waals surface area contributed by atoms with Gasteiger partial charge in [-0.15, -0.1) is 11.6 Å². The van der Waals surface area contributed by atoms with E-state index in [-0.39, 0.29) is 0 Å². The lowest BCUT2D eigenvalue weighted by Gasteiger charge is -2.16. The first kappa shape index (κ1) is 9.71. The van der Waals surface area contributed by atoms with Crippen LogP contribution in [0.1, 0.15) is 12.8 Å². The highest BCUT2D eigenvalue weighted by Crippen LogP contribution is 2.23. The number of hydrogen-bond donors (Lipinski definition) is 0. The van der Waals surface area contributed by atoms with Crippen molar-refractivity contribution < 1.29 is 0 Å². The maximum absolute atomic E-state index is 5.73. The maximum Gasteiger partial charge on any atom is 0.147 e. The molecule has 1 atom stereocenters. The first-order chi connectivity index (χ1) is 6.90. The van der Waals surface area contributed by atoms with Gasteiger partial charge in [0.25, 0.3) is 0 Å². The number of hydrogen-bond acceptors (Lipinski definition) is 3. The van der Waals surface area contributed by atoms with E-state index in [0.717, 1.165) is 37.1 Å². The Labute approximate surface area is 89.1 Å². The topological polar surface area (TPSA) is 29.0 Å². The fourth-order valence-electron chi connectivity index (χ4n) is 1.89. The van der Waals surface area contributed by atoms with E-state index >= 15 is 0 Å². The first-order valence-corrected chi connectivity index (χ1v) is 5.50. The number of aromatic nitrogens is 2. The summed E-state index contributed by atoms with van der Waals surface area (Å²) in [6, 6.07) is 0. The Hall–Kier alpha value is -0.830. The van der Waals surface area contributed by atoms with Crippen LogP contribution in [-0.2, 0) is 0 Å². The van der Waals surface area contributed by atoms with Crippen LogP contribution in [0.4, 0.5) is 5.82 Å². The SMILES string of the molecule is ClCCC1CCN(c2cnccn2)C1. The van der Waals surface area contributed by atoms with Crippen LogP contribution in [0.25, 0.3) is 0 Å². The number of anilines is 1. The van der Waals surface area contributed by atoms with Gasteiger partial charge in [-0.3, -0.25) is 4.98 Å².